The van der Waals surface area contributed by atoms with Gasteiger partial charge in [0.05, 0.1) is 4.90 Å². The van der Waals surface area contributed by atoms with E-state index in [2.05, 4.69) is 10.0 Å². The molecule has 0 aromatic heterocycles. The van der Waals surface area contributed by atoms with Crippen molar-refractivity contribution in [1.82, 2.24) is 5.32 Å². The molecule has 30 heavy (non-hydrogen) atoms. The van der Waals surface area contributed by atoms with Crippen LogP contribution in [0.4, 0.5) is 10.1 Å². The third-order valence-corrected chi connectivity index (χ3v) is 8.34. The molecule has 2 N–H and O–H groups in total. The van der Waals surface area contributed by atoms with E-state index in [4.69, 9.17) is 0 Å². The second kappa shape index (κ2) is 7.08. The number of carbonyl (C=O) groups excluding carboxylic acids is 1. The molecular weight excluding hydrogens is 403 g/mol. The van der Waals surface area contributed by atoms with E-state index in [0.29, 0.717) is 5.56 Å². The molecule has 4 fully saturated rings. The largest absolute Gasteiger partial charge is 0.347 e. The Hall–Kier alpha value is -2.41. The molecular formula is C23H25FN2O3S. The molecule has 158 valence electrons. The van der Waals surface area contributed by atoms with Crippen LogP contribution in [0.5, 0.6) is 0 Å². The highest BCUT2D eigenvalue weighted by atomic mass is 32.2. The molecule has 0 aliphatic heterocycles. The SMILES string of the molecule is O=C(NC12CC3CC(CC(C3)C1)C2)c1ccc(S(=O)(=O)Nc2ccc(F)cc2)cc1. The zero-order valence-electron chi connectivity index (χ0n) is 16.6. The summed E-state index contributed by atoms with van der Waals surface area (Å²) in [5.41, 5.74) is 0.660. The molecule has 6 rings (SSSR count). The summed E-state index contributed by atoms with van der Waals surface area (Å²) in [4.78, 5) is 13.0. The Morgan fingerprint density at radius 2 is 1.40 bits per heavy atom. The van der Waals surface area contributed by atoms with Crippen molar-refractivity contribution in [3.63, 3.8) is 0 Å². The Kier molecular flexibility index (Phi) is 4.61. The lowest BCUT2D eigenvalue weighted by molar-refractivity contribution is -0.0167. The van der Waals surface area contributed by atoms with E-state index in [9.17, 15) is 17.6 Å². The van der Waals surface area contributed by atoms with Gasteiger partial charge in [-0.2, -0.15) is 0 Å². The number of carbonyl (C=O) groups is 1. The second-order valence-electron chi connectivity index (χ2n) is 9.29. The van der Waals surface area contributed by atoms with Gasteiger partial charge in [0.2, 0.25) is 0 Å². The highest BCUT2D eigenvalue weighted by Gasteiger charge is 2.51. The van der Waals surface area contributed by atoms with E-state index >= 15 is 0 Å². The van der Waals surface area contributed by atoms with Crippen LogP contribution in [0, 0.1) is 23.6 Å². The highest BCUT2D eigenvalue weighted by molar-refractivity contribution is 7.92. The number of hydrogen-bond acceptors (Lipinski definition) is 3. The van der Waals surface area contributed by atoms with E-state index in [1.54, 1.807) is 12.1 Å². The summed E-state index contributed by atoms with van der Waals surface area (Å²) in [5.74, 6) is 1.64. The first-order chi connectivity index (χ1) is 14.3. The molecule has 0 radical (unpaired) electrons. The van der Waals surface area contributed by atoms with Crippen LogP contribution in [0.2, 0.25) is 0 Å². The summed E-state index contributed by atoms with van der Waals surface area (Å²) >= 11 is 0. The van der Waals surface area contributed by atoms with Gasteiger partial charge in [-0.15, -0.1) is 0 Å². The average Bonchev–Trinajstić information content (AvgIpc) is 2.68. The Balaban J connectivity index is 1.29. The van der Waals surface area contributed by atoms with Gasteiger partial charge in [0, 0.05) is 16.8 Å². The van der Waals surface area contributed by atoms with Crippen molar-refractivity contribution in [2.45, 2.75) is 49.0 Å². The van der Waals surface area contributed by atoms with Gasteiger partial charge in [0.1, 0.15) is 5.82 Å². The molecule has 5 nitrogen and oxygen atoms in total. The summed E-state index contributed by atoms with van der Waals surface area (Å²) in [6.45, 7) is 0. The van der Waals surface area contributed by atoms with Crippen molar-refractivity contribution in [3.8, 4) is 0 Å². The molecule has 2 aromatic carbocycles. The molecule has 4 aliphatic rings. The van der Waals surface area contributed by atoms with Crippen molar-refractivity contribution in [2.24, 2.45) is 17.8 Å². The maximum absolute atomic E-state index is 13.0. The molecule has 0 atom stereocenters. The smallest absolute Gasteiger partial charge is 0.261 e. The number of halogens is 1. The van der Waals surface area contributed by atoms with Crippen molar-refractivity contribution in [3.05, 3.63) is 59.9 Å². The van der Waals surface area contributed by atoms with Crippen molar-refractivity contribution in [2.75, 3.05) is 4.72 Å². The topological polar surface area (TPSA) is 75.3 Å². The van der Waals surface area contributed by atoms with Crippen LogP contribution in [0.15, 0.2) is 53.4 Å². The number of hydrogen-bond donors (Lipinski definition) is 2. The molecule has 2 aromatic rings. The average molecular weight is 429 g/mol. The van der Waals surface area contributed by atoms with Crippen LogP contribution >= 0.6 is 0 Å². The van der Waals surface area contributed by atoms with Gasteiger partial charge in [-0.3, -0.25) is 9.52 Å². The van der Waals surface area contributed by atoms with E-state index in [1.807, 2.05) is 0 Å². The minimum atomic E-state index is -3.82. The number of rotatable bonds is 5. The second-order valence-corrected chi connectivity index (χ2v) is 11.0. The summed E-state index contributed by atoms with van der Waals surface area (Å²) in [7, 11) is -3.82. The molecule has 0 unspecified atom stereocenters. The monoisotopic (exact) mass is 428 g/mol. The minimum absolute atomic E-state index is 0.0539. The van der Waals surface area contributed by atoms with Crippen LogP contribution in [0.1, 0.15) is 48.9 Å². The van der Waals surface area contributed by atoms with E-state index in [0.717, 1.165) is 37.0 Å². The minimum Gasteiger partial charge on any atom is -0.347 e. The number of benzene rings is 2. The highest BCUT2D eigenvalue weighted by Crippen LogP contribution is 2.55. The van der Waals surface area contributed by atoms with Crippen molar-refractivity contribution in [1.29, 1.82) is 0 Å². The lowest BCUT2D eigenvalue weighted by Crippen LogP contribution is -2.59. The van der Waals surface area contributed by atoms with Gasteiger partial charge in [0.15, 0.2) is 0 Å². The Morgan fingerprint density at radius 1 is 0.867 bits per heavy atom. The van der Waals surface area contributed by atoms with Crippen LogP contribution in [-0.2, 0) is 10.0 Å². The summed E-state index contributed by atoms with van der Waals surface area (Å²) in [6, 6.07) is 11.1. The Labute approximate surface area is 176 Å². The van der Waals surface area contributed by atoms with E-state index < -0.39 is 15.8 Å². The zero-order chi connectivity index (χ0) is 20.9. The number of nitrogens with one attached hydrogen (secondary N) is 2. The zero-order valence-corrected chi connectivity index (χ0v) is 17.4. The van der Waals surface area contributed by atoms with Crippen LogP contribution in [-0.4, -0.2) is 19.9 Å². The van der Waals surface area contributed by atoms with Gasteiger partial charge in [-0.25, -0.2) is 12.8 Å². The predicted octanol–water partition coefficient (Wildman–Crippen LogP) is 4.33. The maximum Gasteiger partial charge on any atom is 0.261 e. The third kappa shape index (κ3) is 3.71. The van der Waals surface area contributed by atoms with Gasteiger partial charge >= 0.3 is 0 Å². The standard InChI is InChI=1S/C23H25FN2O3S/c24-19-3-5-20(6-4-19)26-30(28,29)21-7-1-18(2-8-21)22(27)25-23-12-15-9-16(13-23)11-17(10-15)14-23/h1-8,15-17,26H,9-14H2,(H,25,27). The quantitative estimate of drug-likeness (QED) is 0.745. The lowest BCUT2D eigenvalue weighted by atomic mass is 9.53. The number of sulfonamides is 1. The molecule has 4 bridgehead atoms. The summed E-state index contributed by atoms with van der Waals surface area (Å²) in [5, 5.41) is 3.30. The van der Waals surface area contributed by atoms with E-state index in [-0.39, 0.29) is 22.0 Å². The number of amides is 1. The first-order valence-electron chi connectivity index (χ1n) is 10.5. The predicted molar refractivity (Wildman–Crippen MR) is 112 cm³/mol. The molecule has 4 aliphatic carbocycles. The summed E-state index contributed by atoms with van der Waals surface area (Å²) < 4.78 is 40.6. The normalized spacial score (nSPS) is 29.6. The first-order valence-corrected chi connectivity index (χ1v) is 12.0. The molecule has 0 saturated heterocycles. The van der Waals surface area contributed by atoms with E-state index in [1.165, 1.54) is 55.7 Å². The van der Waals surface area contributed by atoms with Crippen LogP contribution in [0.25, 0.3) is 0 Å². The molecule has 4 saturated carbocycles. The van der Waals surface area contributed by atoms with Crippen LogP contribution in [0.3, 0.4) is 0 Å². The van der Waals surface area contributed by atoms with Gasteiger partial charge in [0.25, 0.3) is 15.9 Å². The molecule has 0 heterocycles. The lowest BCUT2D eigenvalue weighted by Gasteiger charge is -2.56. The molecule has 1 amide bonds. The fourth-order valence-corrected chi connectivity index (χ4v) is 7.15. The fourth-order valence-electron chi connectivity index (χ4n) is 6.09. The Bertz CT molecular complexity index is 1030. The number of anilines is 1. The molecule has 0 spiro atoms. The fraction of sp³-hybridized carbons (Fsp3) is 0.435. The van der Waals surface area contributed by atoms with Crippen molar-refractivity contribution < 1.29 is 17.6 Å². The van der Waals surface area contributed by atoms with Crippen molar-refractivity contribution >= 4 is 21.6 Å². The molecule has 7 heteroatoms. The maximum atomic E-state index is 13.0. The van der Waals surface area contributed by atoms with Gasteiger partial charge in [-0.05, 0) is 105 Å². The van der Waals surface area contributed by atoms with Crippen LogP contribution < -0.4 is 10.0 Å². The Morgan fingerprint density at radius 3 is 1.93 bits per heavy atom. The summed E-state index contributed by atoms with van der Waals surface area (Å²) in [6.07, 6.45) is 7.13. The van der Waals surface area contributed by atoms with Gasteiger partial charge < -0.3 is 5.32 Å². The first kappa shape index (κ1) is 19.5. The third-order valence-electron chi connectivity index (χ3n) is 6.94. The van der Waals surface area contributed by atoms with Gasteiger partial charge in [-0.1, -0.05) is 0 Å².